The molecule has 5 heteroatoms. The van der Waals surface area contributed by atoms with Gasteiger partial charge < -0.3 is 10.3 Å². The second kappa shape index (κ2) is 5.98. The van der Waals surface area contributed by atoms with Gasteiger partial charge in [0.1, 0.15) is 4.75 Å². The van der Waals surface area contributed by atoms with Gasteiger partial charge in [-0.05, 0) is 11.1 Å². The van der Waals surface area contributed by atoms with Crippen molar-refractivity contribution in [3.05, 3.63) is 71.8 Å². The van der Waals surface area contributed by atoms with Gasteiger partial charge in [0.05, 0.1) is 6.42 Å². The van der Waals surface area contributed by atoms with Crippen LogP contribution in [0.25, 0.3) is 0 Å². The van der Waals surface area contributed by atoms with Crippen molar-refractivity contribution in [3.63, 3.8) is 0 Å². The van der Waals surface area contributed by atoms with Crippen LogP contribution in [0.3, 0.4) is 0 Å². The third kappa shape index (κ3) is 2.64. The van der Waals surface area contributed by atoms with Gasteiger partial charge >= 0.3 is 0 Å². The van der Waals surface area contributed by atoms with Crippen LogP contribution in [-0.2, 0) is 20.6 Å². The molecule has 0 aliphatic heterocycles. The van der Waals surface area contributed by atoms with Crippen LogP contribution in [0.5, 0.6) is 0 Å². The van der Waals surface area contributed by atoms with E-state index in [9.17, 15) is 13.6 Å². The minimum absolute atomic E-state index is 0.232. The first-order chi connectivity index (χ1) is 9.57. The second-order valence-corrected chi connectivity index (χ2v) is 5.65. The number of primary amides is 1. The molecule has 2 aromatic carbocycles. The summed E-state index contributed by atoms with van der Waals surface area (Å²) < 4.78 is 20.6. The molecule has 4 nitrogen and oxygen atoms in total. The zero-order chi connectivity index (χ0) is 14.6. The summed E-state index contributed by atoms with van der Waals surface area (Å²) in [7, 11) is 0. The minimum atomic E-state index is -2.29. The molecule has 3 N–H and O–H groups in total. The summed E-state index contributed by atoms with van der Waals surface area (Å²) in [6.07, 6.45) is -0.232. The van der Waals surface area contributed by atoms with Crippen LogP contribution in [0.15, 0.2) is 60.7 Å². The molecule has 0 spiro atoms. The number of carbonyl (C=O) groups is 1. The van der Waals surface area contributed by atoms with E-state index in [4.69, 9.17) is 5.73 Å². The summed E-state index contributed by atoms with van der Waals surface area (Å²) in [5.41, 5.74) is 6.48. The number of rotatable bonds is 5. The first-order valence-electron chi connectivity index (χ1n) is 6.07. The average molecular weight is 289 g/mol. The van der Waals surface area contributed by atoms with E-state index in [1.807, 2.05) is 12.1 Å². The van der Waals surface area contributed by atoms with Crippen molar-refractivity contribution in [2.45, 2.75) is 11.2 Å². The van der Waals surface area contributed by atoms with Crippen LogP contribution in [-0.4, -0.2) is 14.7 Å². The Morgan fingerprint density at radius 3 is 1.70 bits per heavy atom. The molecule has 0 aliphatic carbocycles. The zero-order valence-electron chi connectivity index (χ0n) is 10.7. The zero-order valence-corrected chi connectivity index (χ0v) is 11.5. The maximum atomic E-state index is 12.1. The van der Waals surface area contributed by atoms with E-state index >= 15 is 0 Å². The second-order valence-electron chi connectivity index (χ2n) is 4.45. The lowest BCUT2D eigenvalue weighted by atomic mass is 9.87. The molecule has 2 rings (SSSR count). The number of benzene rings is 2. The first-order valence-corrected chi connectivity index (χ1v) is 7.18. The van der Waals surface area contributed by atoms with Crippen LogP contribution < -0.4 is 5.73 Å². The largest absolute Gasteiger partial charge is 0.370 e. The van der Waals surface area contributed by atoms with Gasteiger partial charge in [-0.3, -0.25) is 4.79 Å². The van der Waals surface area contributed by atoms with Crippen molar-refractivity contribution in [3.8, 4) is 0 Å². The Balaban J connectivity index is 2.69. The van der Waals surface area contributed by atoms with Gasteiger partial charge in [0.15, 0.2) is 11.1 Å². The molecule has 0 fully saturated rings. The third-order valence-electron chi connectivity index (χ3n) is 3.20. The fourth-order valence-electron chi connectivity index (χ4n) is 2.29. The van der Waals surface area contributed by atoms with Gasteiger partial charge in [-0.15, -0.1) is 0 Å². The number of hydrogen-bond acceptors (Lipinski definition) is 2. The number of carbonyl (C=O) groups excluding carboxylic acids is 1. The van der Waals surface area contributed by atoms with Gasteiger partial charge in [-0.2, -0.15) is 0 Å². The minimum Gasteiger partial charge on any atom is -0.370 e. The predicted octanol–water partition coefficient (Wildman–Crippen LogP) is 2.03. The Bertz CT molecular complexity index is 574. The molecular formula is C15H15NO3S. The number of nitrogens with two attached hydrogens (primary N) is 1. The monoisotopic (exact) mass is 289 g/mol. The Hall–Kier alpha value is -1.98. The molecule has 20 heavy (non-hydrogen) atoms. The molecule has 0 aliphatic rings. The first kappa shape index (κ1) is 14.4. The molecule has 0 radical (unpaired) electrons. The van der Waals surface area contributed by atoms with E-state index in [-0.39, 0.29) is 6.42 Å². The topological polar surface area (TPSA) is 80.4 Å². The molecule has 0 bridgehead atoms. The summed E-state index contributed by atoms with van der Waals surface area (Å²) in [6.45, 7) is 0. The fourth-order valence-corrected chi connectivity index (χ4v) is 3.24. The molecule has 1 atom stereocenters. The molecule has 0 saturated carbocycles. The van der Waals surface area contributed by atoms with E-state index in [0.717, 1.165) is 0 Å². The standard InChI is InChI=1S/C15H15NO3S/c16-14(17)11-15(20(18)19,12-7-3-1-4-8-12)13-9-5-2-6-10-13/h1-10H,11H2,(H2,16,17)(H,18,19). The lowest BCUT2D eigenvalue weighted by molar-refractivity contribution is -0.118. The normalized spacial score (nSPS) is 12.8. The van der Waals surface area contributed by atoms with Crippen LogP contribution in [0.2, 0.25) is 0 Å². The van der Waals surface area contributed by atoms with E-state index in [0.29, 0.717) is 11.1 Å². The summed E-state index contributed by atoms with van der Waals surface area (Å²) in [5, 5.41) is 0. The van der Waals surface area contributed by atoms with Crippen LogP contribution in [0.1, 0.15) is 17.5 Å². The Morgan fingerprint density at radius 2 is 1.40 bits per heavy atom. The third-order valence-corrected chi connectivity index (χ3v) is 4.41. The van der Waals surface area contributed by atoms with Crippen molar-refractivity contribution in [1.82, 2.24) is 0 Å². The van der Waals surface area contributed by atoms with Gasteiger partial charge in [0.25, 0.3) is 0 Å². The predicted molar refractivity (Wildman–Crippen MR) is 78.2 cm³/mol. The average Bonchev–Trinajstić information content (AvgIpc) is 2.46. The summed E-state index contributed by atoms with van der Waals surface area (Å²) in [6, 6.07) is 17.6. The van der Waals surface area contributed by atoms with Crippen LogP contribution in [0.4, 0.5) is 0 Å². The number of hydrogen-bond donors (Lipinski definition) is 2. The molecule has 1 amide bonds. The van der Waals surface area contributed by atoms with E-state index < -0.39 is 21.7 Å². The smallest absolute Gasteiger partial charge is 0.219 e. The fraction of sp³-hybridized carbons (Fsp3) is 0.133. The van der Waals surface area contributed by atoms with Gasteiger partial charge in [-0.1, -0.05) is 60.7 Å². The van der Waals surface area contributed by atoms with E-state index in [1.165, 1.54) is 0 Å². The SMILES string of the molecule is NC(=O)CC(c1ccccc1)(c1ccccc1)S(=O)O. The van der Waals surface area contributed by atoms with Gasteiger partial charge in [0, 0.05) is 0 Å². The van der Waals surface area contributed by atoms with E-state index in [2.05, 4.69) is 0 Å². The highest BCUT2D eigenvalue weighted by Crippen LogP contribution is 2.38. The Morgan fingerprint density at radius 1 is 1.00 bits per heavy atom. The molecule has 0 heterocycles. The van der Waals surface area contributed by atoms with Crippen molar-refractivity contribution < 1.29 is 13.6 Å². The lowest BCUT2D eigenvalue weighted by Crippen LogP contribution is -2.37. The van der Waals surface area contributed by atoms with Crippen LogP contribution in [0, 0.1) is 0 Å². The maximum absolute atomic E-state index is 12.1. The summed E-state index contributed by atoms with van der Waals surface area (Å²) in [5.74, 6) is -0.625. The van der Waals surface area contributed by atoms with Crippen molar-refractivity contribution in [2.75, 3.05) is 0 Å². The highest BCUT2D eigenvalue weighted by atomic mass is 32.2. The molecule has 104 valence electrons. The van der Waals surface area contributed by atoms with Crippen molar-refractivity contribution in [2.24, 2.45) is 5.73 Å². The molecular weight excluding hydrogens is 274 g/mol. The Labute approximate surface area is 119 Å². The maximum Gasteiger partial charge on any atom is 0.219 e. The highest BCUT2D eigenvalue weighted by Gasteiger charge is 2.42. The quantitative estimate of drug-likeness (QED) is 0.826. The van der Waals surface area contributed by atoms with Gasteiger partial charge in [0.2, 0.25) is 5.91 Å². The van der Waals surface area contributed by atoms with Crippen LogP contribution >= 0.6 is 0 Å². The van der Waals surface area contributed by atoms with Crippen molar-refractivity contribution >= 4 is 17.0 Å². The summed E-state index contributed by atoms with van der Waals surface area (Å²) in [4.78, 5) is 11.4. The lowest BCUT2D eigenvalue weighted by Gasteiger charge is -2.30. The van der Waals surface area contributed by atoms with E-state index in [1.54, 1.807) is 48.5 Å². The summed E-state index contributed by atoms with van der Waals surface area (Å²) >= 11 is -2.29. The number of amides is 1. The van der Waals surface area contributed by atoms with Gasteiger partial charge in [-0.25, -0.2) is 4.21 Å². The molecule has 0 aromatic heterocycles. The van der Waals surface area contributed by atoms with Crippen molar-refractivity contribution in [1.29, 1.82) is 0 Å². The molecule has 2 aromatic rings. The highest BCUT2D eigenvalue weighted by molar-refractivity contribution is 7.80. The molecule has 1 unspecified atom stereocenters. The Kier molecular flexibility index (Phi) is 4.32. The molecule has 0 saturated heterocycles.